The number of carbonyl (C=O) groups is 2. The molecular formula is C14H19NO5. The SMILES string of the molecule is COc1cc(CC(=O)NC(CCO)C(=O)O)ccc1C. The van der Waals surface area contributed by atoms with E-state index in [1.54, 1.807) is 19.2 Å². The number of carboxylic acid groups (broad SMARTS) is 1. The number of amides is 1. The van der Waals surface area contributed by atoms with E-state index in [9.17, 15) is 9.59 Å². The summed E-state index contributed by atoms with van der Waals surface area (Å²) in [5.74, 6) is -0.883. The summed E-state index contributed by atoms with van der Waals surface area (Å²) in [7, 11) is 1.55. The predicted octanol–water partition coefficient (Wildman–Crippen LogP) is 0.498. The minimum atomic E-state index is -1.16. The molecule has 0 aliphatic heterocycles. The van der Waals surface area contributed by atoms with E-state index in [2.05, 4.69) is 5.32 Å². The van der Waals surface area contributed by atoms with Crippen molar-refractivity contribution in [1.82, 2.24) is 5.32 Å². The van der Waals surface area contributed by atoms with Gasteiger partial charge in [-0.1, -0.05) is 12.1 Å². The zero-order chi connectivity index (χ0) is 15.1. The third-order valence-electron chi connectivity index (χ3n) is 2.89. The van der Waals surface area contributed by atoms with E-state index in [0.717, 1.165) is 11.1 Å². The van der Waals surface area contributed by atoms with E-state index < -0.39 is 17.9 Å². The lowest BCUT2D eigenvalue weighted by atomic mass is 10.1. The van der Waals surface area contributed by atoms with Gasteiger partial charge in [-0.25, -0.2) is 4.79 Å². The number of aliphatic hydroxyl groups is 1. The first-order valence-corrected chi connectivity index (χ1v) is 6.24. The summed E-state index contributed by atoms with van der Waals surface area (Å²) in [6.45, 7) is 1.60. The second kappa shape index (κ2) is 7.49. The van der Waals surface area contributed by atoms with Crippen LogP contribution in [-0.4, -0.2) is 41.8 Å². The Balaban J connectivity index is 2.68. The van der Waals surface area contributed by atoms with Crippen molar-refractivity contribution in [3.8, 4) is 5.75 Å². The molecule has 0 aliphatic carbocycles. The molecule has 0 heterocycles. The molecule has 3 N–H and O–H groups in total. The number of carbonyl (C=O) groups excluding carboxylic acids is 1. The van der Waals surface area contributed by atoms with Gasteiger partial charge in [0.05, 0.1) is 13.5 Å². The van der Waals surface area contributed by atoms with Gasteiger partial charge >= 0.3 is 5.97 Å². The Morgan fingerprint density at radius 1 is 1.40 bits per heavy atom. The molecule has 0 spiro atoms. The maximum absolute atomic E-state index is 11.8. The molecule has 110 valence electrons. The van der Waals surface area contributed by atoms with Gasteiger partial charge in [0, 0.05) is 13.0 Å². The Morgan fingerprint density at radius 3 is 2.65 bits per heavy atom. The normalized spacial score (nSPS) is 11.8. The lowest BCUT2D eigenvalue weighted by Gasteiger charge is -2.13. The van der Waals surface area contributed by atoms with Crippen molar-refractivity contribution in [3.05, 3.63) is 29.3 Å². The molecule has 1 aromatic rings. The highest BCUT2D eigenvalue weighted by Crippen LogP contribution is 2.19. The fraction of sp³-hybridized carbons (Fsp3) is 0.429. The van der Waals surface area contributed by atoms with E-state index in [0.29, 0.717) is 5.75 Å². The van der Waals surface area contributed by atoms with Gasteiger partial charge in [-0.2, -0.15) is 0 Å². The molecular weight excluding hydrogens is 262 g/mol. The highest BCUT2D eigenvalue weighted by molar-refractivity contribution is 5.84. The largest absolute Gasteiger partial charge is 0.496 e. The smallest absolute Gasteiger partial charge is 0.326 e. The minimum absolute atomic E-state index is 0.0156. The molecule has 0 fully saturated rings. The standard InChI is InChI=1S/C14H19NO5/c1-9-3-4-10(7-12(9)20-2)8-13(17)15-11(5-6-16)14(18)19/h3-4,7,11,16H,5-6,8H2,1-2H3,(H,15,17)(H,18,19). The van der Waals surface area contributed by atoms with Crippen molar-refractivity contribution < 1.29 is 24.5 Å². The van der Waals surface area contributed by atoms with Crippen LogP contribution < -0.4 is 10.1 Å². The third-order valence-corrected chi connectivity index (χ3v) is 2.89. The number of hydrogen-bond donors (Lipinski definition) is 3. The van der Waals surface area contributed by atoms with Crippen LogP contribution in [0.15, 0.2) is 18.2 Å². The van der Waals surface area contributed by atoms with Crippen LogP contribution >= 0.6 is 0 Å². The van der Waals surface area contributed by atoms with E-state index >= 15 is 0 Å². The molecule has 0 aliphatic rings. The van der Waals surface area contributed by atoms with E-state index in [-0.39, 0.29) is 19.4 Å². The molecule has 1 unspecified atom stereocenters. The molecule has 1 aromatic carbocycles. The van der Waals surface area contributed by atoms with Crippen LogP contribution in [0.1, 0.15) is 17.5 Å². The molecule has 0 saturated carbocycles. The maximum Gasteiger partial charge on any atom is 0.326 e. The quantitative estimate of drug-likeness (QED) is 0.676. The number of aliphatic hydroxyl groups excluding tert-OH is 1. The number of hydrogen-bond acceptors (Lipinski definition) is 4. The number of carboxylic acids is 1. The molecule has 1 amide bonds. The molecule has 1 rings (SSSR count). The lowest BCUT2D eigenvalue weighted by Crippen LogP contribution is -2.42. The Morgan fingerprint density at radius 2 is 2.10 bits per heavy atom. The van der Waals surface area contributed by atoms with Crippen LogP contribution in [0.4, 0.5) is 0 Å². The van der Waals surface area contributed by atoms with E-state index in [4.69, 9.17) is 14.9 Å². The summed E-state index contributed by atoms with van der Waals surface area (Å²) in [5, 5.41) is 20.0. The summed E-state index contributed by atoms with van der Waals surface area (Å²) in [6, 6.07) is 4.31. The molecule has 1 atom stereocenters. The topological polar surface area (TPSA) is 95.9 Å². The van der Waals surface area contributed by atoms with Gasteiger partial charge in [0.15, 0.2) is 0 Å². The number of nitrogens with one attached hydrogen (secondary N) is 1. The zero-order valence-corrected chi connectivity index (χ0v) is 11.5. The zero-order valence-electron chi connectivity index (χ0n) is 11.5. The second-order valence-corrected chi connectivity index (χ2v) is 4.45. The number of rotatable bonds is 7. The van der Waals surface area contributed by atoms with Crippen LogP contribution in [0, 0.1) is 6.92 Å². The van der Waals surface area contributed by atoms with Gasteiger partial charge in [0.1, 0.15) is 11.8 Å². The van der Waals surface area contributed by atoms with Crippen LogP contribution in [0.2, 0.25) is 0 Å². The van der Waals surface area contributed by atoms with Gasteiger partial charge in [-0.05, 0) is 24.1 Å². The summed E-state index contributed by atoms with van der Waals surface area (Å²) in [4.78, 5) is 22.7. The Hall–Kier alpha value is -2.08. The number of benzene rings is 1. The van der Waals surface area contributed by atoms with Crippen molar-refractivity contribution in [2.24, 2.45) is 0 Å². The first-order valence-electron chi connectivity index (χ1n) is 6.24. The van der Waals surface area contributed by atoms with Crippen molar-refractivity contribution in [2.75, 3.05) is 13.7 Å². The fourth-order valence-electron chi connectivity index (χ4n) is 1.79. The molecule has 0 aromatic heterocycles. The van der Waals surface area contributed by atoms with Crippen molar-refractivity contribution in [2.45, 2.75) is 25.8 Å². The molecule has 0 radical (unpaired) electrons. The highest BCUT2D eigenvalue weighted by Gasteiger charge is 2.19. The third kappa shape index (κ3) is 4.55. The summed E-state index contributed by atoms with van der Waals surface area (Å²) >= 11 is 0. The molecule has 6 heteroatoms. The van der Waals surface area contributed by atoms with Crippen molar-refractivity contribution in [1.29, 1.82) is 0 Å². The van der Waals surface area contributed by atoms with Crippen LogP contribution in [-0.2, 0) is 16.0 Å². The van der Waals surface area contributed by atoms with Crippen molar-refractivity contribution >= 4 is 11.9 Å². The number of aliphatic carboxylic acids is 1. The molecule has 20 heavy (non-hydrogen) atoms. The highest BCUT2D eigenvalue weighted by atomic mass is 16.5. The summed E-state index contributed by atoms with van der Waals surface area (Å²) in [5.41, 5.74) is 1.69. The summed E-state index contributed by atoms with van der Waals surface area (Å²) in [6.07, 6.45) is 0.0458. The van der Waals surface area contributed by atoms with E-state index in [1.165, 1.54) is 0 Å². The van der Waals surface area contributed by atoms with Gasteiger partial charge in [-0.15, -0.1) is 0 Å². The van der Waals surface area contributed by atoms with Crippen LogP contribution in [0.3, 0.4) is 0 Å². The van der Waals surface area contributed by atoms with E-state index in [1.807, 2.05) is 13.0 Å². The average Bonchev–Trinajstić information content (AvgIpc) is 2.40. The first kappa shape index (κ1) is 16.0. The average molecular weight is 281 g/mol. The molecule has 0 bridgehead atoms. The van der Waals surface area contributed by atoms with Gasteiger partial charge in [0.2, 0.25) is 5.91 Å². The number of ether oxygens (including phenoxy) is 1. The second-order valence-electron chi connectivity index (χ2n) is 4.45. The molecule has 6 nitrogen and oxygen atoms in total. The van der Waals surface area contributed by atoms with Gasteiger partial charge in [-0.3, -0.25) is 4.79 Å². The van der Waals surface area contributed by atoms with Gasteiger partial charge < -0.3 is 20.3 Å². The van der Waals surface area contributed by atoms with Crippen molar-refractivity contribution in [3.63, 3.8) is 0 Å². The summed E-state index contributed by atoms with van der Waals surface area (Å²) < 4.78 is 5.17. The monoisotopic (exact) mass is 281 g/mol. The fourth-order valence-corrected chi connectivity index (χ4v) is 1.79. The molecule has 0 saturated heterocycles. The lowest BCUT2D eigenvalue weighted by molar-refractivity contribution is -0.142. The Kier molecular flexibility index (Phi) is 5.99. The minimum Gasteiger partial charge on any atom is -0.496 e. The Labute approximate surface area is 117 Å². The Bertz CT molecular complexity index is 486. The predicted molar refractivity (Wildman–Crippen MR) is 72.7 cm³/mol. The maximum atomic E-state index is 11.8. The van der Waals surface area contributed by atoms with Crippen LogP contribution in [0.5, 0.6) is 5.75 Å². The number of methoxy groups -OCH3 is 1. The van der Waals surface area contributed by atoms with Gasteiger partial charge in [0.25, 0.3) is 0 Å². The van der Waals surface area contributed by atoms with Crippen LogP contribution in [0.25, 0.3) is 0 Å². The number of aryl methyl sites for hydroxylation is 1. The first-order chi connectivity index (χ1) is 9.47.